The first-order valence-electron chi connectivity index (χ1n) is 11.4. The lowest BCUT2D eigenvalue weighted by Gasteiger charge is -2.25. The number of hydrogen-bond acceptors (Lipinski definition) is 8. The maximum absolute atomic E-state index is 13.2. The van der Waals surface area contributed by atoms with Crippen molar-refractivity contribution in [3.8, 4) is 5.75 Å². The summed E-state index contributed by atoms with van der Waals surface area (Å²) < 4.78 is 7.84. The number of rotatable bonds is 9. The number of piperidine rings is 1. The molecule has 1 fully saturated rings. The van der Waals surface area contributed by atoms with E-state index < -0.39 is 0 Å². The Kier molecular flexibility index (Phi) is 7.87. The molecule has 0 aliphatic carbocycles. The summed E-state index contributed by atoms with van der Waals surface area (Å²) >= 11 is 2.69. The van der Waals surface area contributed by atoms with E-state index in [1.807, 2.05) is 38.1 Å². The van der Waals surface area contributed by atoms with E-state index >= 15 is 0 Å². The number of benzene rings is 1. The van der Waals surface area contributed by atoms with Gasteiger partial charge >= 0.3 is 0 Å². The van der Waals surface area contributed by atoms with Crippen molar-refractivity contribution in [2.24, 2.45) is 0 Å². The van der Waals surface area contributed by atoms with Crippen LogP contribution in [0.5, 0.6) is 5.75 Å². The first-order chi connectivity index (χ1) is 16.1. The van der Waals surface area contributed by atoms with Crippen molar-refractivity contribution in [3.05, 3.63) is 34.6 Å². The number of nitrogens with zero attached hydrogens (tertiary/aromatic N) is 4. The monoisotopic (exact) mass is 487 g/mol. The summed E-state index contributed by atoms with van der Waals surface area (Å²) in [5.74, 6) is 0.580. The lowest BCUT2D eigenvalue weighted by molar-refractivity contribution is -0.113. The largest absolute Gasteiger partial charge is 0.492 e. The Morgan fingerprint density at radius 1 is 1.18 bits per heavy atom. The molecule has 1 aromatic carbocycles. The summed E-state index contributed by atoms with van der Waals surface area (Å²) in [7, 11) is 0. The van der Waals surface area contributed by atoms with Crippen LogP contribution in [0.4, 0.5) is 10.8 Å². The molecule has 1 aliphatic rings. The van der Waals surface area contributed by atoms with E-state index in [2.05, 4.69) is 20.2 Å². The molecule has 1 saturated heterocycles. The Morgan fingerprint density at radius 2 is 1.97 bits per heavy atom. The van der Waals surface area contributed by atoms with Crippen molar-refractivity contribution in [2.75, 3.05) is 35.7 Å². The van der Waals surface area contributed by atoms with Gasteiger partial charge in [-0.1, -0.05) is 42.2 Å². The average molecular weight is 488 g/mol. The van der Waals surface area contributed by atoms with Gasteiger partial charge in [0, 0.05) is 19.6 Å². The van der Waals surface area contributed by atoms with Crippen LogP contribution in [-0.2, 0) is 11.3 Å². The molecule has 0 atom stereocenters. The minimum atomic E-state index is -0.183. The molecule has 0 bridgehead atoms. The zero-order valence-electron chi connectivity index (χ0n) is 19.0. The van der Waals surface area contributed by atoms with Crippen molar-refractivity contribution < 1.29 is 9.53 Å². The second-order valence-electron chi connectivity index (χ2n) is 7.81. The normalized spacial score (nSPS) is 13.9. The summed E-state index contributed by atoms with van der Waals surface area (Å²) in [6.45, 7) is 6.92. The summed E-state index contributed by atoms with van der Waals surface area (Å²) in [5.41, 5.74) is 1.03. The second-order valence-corrected chi connectivity index (χ2v) is 9.73. The fourth-order valence-corrected chi connectivity index (χ4v) is 5.62. The molecule has 3 aromatic rings. The summed E-state index contributed by atoms with van der Waals surface area (Å²) in [6.07, 6.45) is 4.32. The minimum Gasteiger partial charge on any atom is -0.492 e. The number of amides is 1. The maximum atomic E-state index is 13.2. The Bertz CT molecular complexity index is 1170. The molecule has 0 saturated carbocycles. The minimum absolute atomic E-state index is 0.0767. The molecule has 4 rings (SSSR count). The highest BCUT2D eigenvalue weighted by atomic mass is 32.2. The second kappa shape index (κ2) is 11.0. The standard InChI is InChI=1S/C23H29N5O3S2/c1-3-12-28-21(30)19-20(25-22(33-19)27-13-8-5-9-14-27)26-23(28)32-15-18(29)24-16-10-6-7-11-17(16)31-4-2/h6-7,10-11H,3-5,8-9,12-15H2,1-2H3,(H,24,29). The number of carbonyl (C=O) groups excluding carboxylic acids is 1. The predicted molar refractivity (Wildman–Crippen MR) is 135 cm³/mol. The number of hydrogen-bond donors (Lipinski definition) is 1. The van der Waals surface area contributed by atoms with Gasteiger partial charge in [-0.3, -0.25) is 14.2 Å². The maximum Gasteiger partial charge on any atom is 0.273 e. The van der Waals surface area contributed by atoms with Crippen LogP contribution in [0.2, 0.25) is 0 Å². The molecule has 1 amide bonds. The molecule has 176 valence electrons. The molecule has 1 N–H and O–H groups in total. The Hall–Kier alpha value is -2.59. The summed E-state index contributed by atoms with van der Waals surface area (Å²) in [6, 6.07) is 7.34. The van der Waals surface area contributed by atoms with Gasteiger partial charge in [-0.15, -0.1) is 0 Å². The van der Waals surface area contributed by atoms with Gasteiger partial charge in [0.25, 0.3) is 5.56 Å². The molecule has 3 heterocycles. The van der Waals surface area contributed by atoms with Crippen LogP contribution in [0.15, 0.2) is 34.2 Å². The molecule has 2 aromatic heterocycles. The fourth-order valence-electron chi connectivity index (χ4n) is 3.80. The number of aromatic nitrogens is 3. The van der Waals surface area contributed by atoms with Crippen LogP contribution in [0.1, 0.15) is 39.5 Å². The number of nitrogens with one attached hydrogen (secondary N) is 1. The topological polar surface area (TPSA) is 89.3 Å². The third-order valence-electron chi connectivity index (χ3n) is 5.34. The first kappa shape index (κ1) is 23.6. The Morgan fingerprint density at radius 3 is 2.73 bits per heavy atom. The molecule has 0 unspecified atom stereocenters. The predicted octanol–water partition coefficient (Wildman–Crippen LogP) is 4.38. The Balaban J connectivity index is 1.54. The van der Waals surface area contributed by atoms with Crippen molar-refractivity contribution in [3.63, 3.8) is 0 Å². The number of para-hydroxylation sites is 2. The zero-order valence-corrected chi connectivity index (χ0v) is 20.6. The smallest absolute Gasteiger partial charge is 0.273 e. The summed E-state index contributed by atoms with van der Waals surface area (Å²) in [5, 5.41) is 4.29. The molecule has 33 heavy (non-hydrogen) atoms. The van der Waals surface area contributed by atoms with E-state index in [-0.39, 0.29) is 17.2 Å². The van der Waals surface area contributed by atoms with Gasteiger partial charge in [-0.2, -0.15) is 4.98 Å². The highest BCUT2D eigenvalue weighted by Gasteiger charge is 2.20. The highest BCUT2D eigenvalue weighted by molar-refractivity contribution is 7.99. The van der Waals surface area contributed by atoms with Gasteiger partial charge in [-0.05, 0) is 44.7 Å². The van der Waals surface area contributed by atoms with Crippen LogP contribution in [0, 0.1) is 0 Å². The van der Waals surface area contributed by atoms with Gasteiger partial charge in [-0.25, -0.2) is 4.98 Å². The molecule has 10 heteroatoms. The van der Waals surface area contributed by atoms with Gasteiger partial charge in [0.1, 0.15) is 10.4 Å². The lowest BCUT2D eigenvalue weighted by Crippen LogP contribution is -2.29. The van der Waals surface area contributed by atoms with Gasteiger partial charge < -0.3 is 15.0 Å². The molecular formula is C23H29N5O3S2. The number of anilines is 2. The Labute approximate surface area is 201 Å². The van der Waals surface area contributed by atoms with Gasteiger partial charge in [0.2, 0.25) is 5.91 Å². The SMILES string of the molecule is CCCn1c(SCC(=O)Nc2ccccc2OCC)nc2nc(N3CCCCC3)sc2c1=O. The third kappa shape index (κ3) is 5.50. The van der Waals surface area contributed by atoms with Gasteiger partial charge in [0.05, 0.1) is 18.0 Å². The number of ether oxygens (including phenoxy) is 1. The summed E-state index contributed by atoms with van der Waals surface area (Å²) in [4.78, 5) is 37.5. The van der Waals surface area contributed by atoms with E-state index in [0.29, 0.717) is 40.1 Å². The molecule has 0 radical (unpaired) electrons. The van der Waals surface area contributed by atoms with Crippen LogP contribution < -0.4 is 20.5 Å². The van der Waals surface area contributed by atoms with E-state index in [4.69, 9.17) is 4.74 Å². The van der Waals surface area contributed by atoms with Crippen LogP contribution in [0.3, 0.4) is 0 Å². The van der Waals surface area contributed by atoms with E-state index in [9.17, 15) is 9.59 Å². The average Bonchev–Trinajstić information content (AvgIpc) is 3.26. The van der Waals surface area contributed by atoms with Crippen LogP contribution in [-0.4, -0.2) is 45.9 Å². The van der Waals surface area contributed by atoms with Gasteiger partial charge in [0.15, 0.2) is 15.9 Å². The van der Waals surface area contributed by atoms with E-state index in [1.165, 1.54) is 29.5 Å². The molecular weight excluding hydrogens is 458 g/mol. The molecule has 1 aliphatic heterocycles. The first-order valence-corrected chi connectivity index (χ1v) is 13.2. The van der Waals surface area contributed by atoms with Crippen molar-refractivity contribution >= 4 is 50.2 Å². The quantitative estimate of drug-likeness (QED) is 0.354. The van der Waals surface area contributed by atoms with E-state index in [1.54, 1.807) is 4.57 Å². The number of fused-ring (bicyclic) bond motifs is 1. The number of carbonyl (C=O) groups is 1. The lowest BCUT2D eigenvalue weighted by atomic mass is 10.1. The van der Waals surface area contributed by atoms with Crippen LogP contribution in [0.25, 0.3) is 10.3 Å². The molecule has 0 spiro atoms. The number of thiazole rings is 1. The highest BCUT2D eigenvalue weighted by Crippen LogP contribution is 2.29. The zero-order chi connectivity index (χ0) is 23.2. The van der Waals surface area contributed by atoms with Crippen LogP contribution >= 0.6 is 23.1 Å². The van der Waals surface area contributed by atoms with Crippen molar-refractivity contribution in [2.45, 2.75) is 51.2 Å². The third-order valence-corrected chi connectivity index (χ3v) is 7.41. The molecule has 8 nitrogen and oxygen atoms in total. The van der Waals surface area contributed by atoms with Crippen molar-refractivity contribution in [1.29, 1.82) is 0 Å². The van der Waals surface area contributed by atoms with Crippen molar-refractivity contribution in [1.82, 2.24) is 14.5 Å². The van der Waals surface area contributed by atoms with E-state index in [0.717, 1.165) is 37.5 Å². The fraction of sp³-hybridized carbons (Fsp3) is 0.478. The number of thioether (sulfide) groups is 1.